The van der Waals surface area contributed by atoms with Crippen LogP contribution in [0.4, 0.5) is 0 Å². The molecule has 0 saturated heterocycles. The largest absolute Gasteiger partial charge is 0.480 e. The molecule has 0 radical (unpaired) electrons. The van der Waals surface area contributed by atoms with Crippen molar-refractivity contribution < 1.29 is 9.90 Å². The van der Waals surface area contributed by atoms with E-state index in [0.29, 0.717) is 13.0 Å². The second-order valence-electron chi connectivity index (χ2n) is 2.54. The monoisotopic (exact) mass is 218 g/mol. The number of nitrogens with two attached hydrogens (primary N) is 1. The molecule has 1 unspecified atom stereocenters. The minimum absolute atomic E-state index is 0. The van der Waals surface area contributed by atoms with Gasteiger partial charge in [0.25, 0.3) is 0 Å². The third kappa shape index (κ3) is 9.97. The van der Waals surface area contributed by atoms with Gasteiger partial charge in [-0.2, -0.15) is 0 Å². The maximum atomic E-state index is 10.2. The number of carboxylic acid groups (broad SMARTS) is 1. The SMILES string of the molecule is CN(C)CCC(N)C(=O)O.Cl.Cl. The molecule has 12 heavy (non-hydrogen) atoms. The predicted octanol–water partition coefficient (Wildman–Crippen LogP) is 0.194. The van der Waals surface area contributed by atoms with Crippen molar-refractivity contribution in [3.05, 3.63) is 0 Å². The van der Waals surface area contributed by atoms with E-state index in [-0.39, 0.29) is 24.8 Å². The maximum Gasteiger partial charge on any atom is 0.320 e. The minimum atomic E-state index is -0.929. The first-order valence-corrected chi connectivity index (χ1v) is 3.17. The Hall–Kier alpha value is -0.0300. The Labute approximate surface area is 84.9 Å². The number of hydrogen-bond donors (Lipinski definition) is 2. The van der Waals surface area contributed by atoms with Gasteiger partial charge in [0.2, 0.25) is 0 Å². The average molecular weight is 219 g/mol. The summed E-state index contributed by atoms with van der Waals surface area (Å²) < 4.78 is 0. The maximum absolute atomic E-state index is 10.2. The smallest absolute Gasteiger partial charge is 0.320 e. The molecule has 4 nitrogen and oxygen atoms in total. The summed E-state index contributed by atoms with van der Waals surface area (Å²) in [6.07, 6.45) is 0.502. The van der Waals surface area contributed by atoms with Crippen molar-refractivity contribution in [2.45, 2.75) is 12.5 Å². The molecule has 0 saturated carbocycles. The van der Waals surface area contributed by atoms with Crippen molar-refractivity contribution >= 4 is 30.8 Å². The molecule has 0 aliphatic heterocycles. The molecular weight excluding hydrogens is 203 g/mol. The van der Waals surface area contributed by atoms with Crippen LogP contribution >= 0.6 is 24.8 Å². The number of carboxylic acids is 1. The van der Waals surface area contributed by atoms with Crippen molar-refractivity contribution in [1.82, 2.24) is 4.90 Å². The van der Waals surface area contributed by atoms with Crippen LogP contribution in [-0.2, 0) is 4.79 Å². The summed E-state index contributed by atoms with van der Waals surface area (Å²) >= 11 is 0. The van der Waals surface area contributed by atoms with E-state index in [1.165, 1.54) is 0 Å². The number of rotatable bonds is 4. The van der Waals surface area contributed by atoms with E-state index < -0.39 is 12.0 Å². The van der Waals surface area contributed by atoms with Gasteiger partial charge in [0.1, 0.15) is 6.04 Å². The van der Waals surface area contributed by atoms with Gasteiger partial charge in [-0.15, -0.1) is 24.8 Å². The van der Waals surface area contributed by atoms with Crippen LogP contribution < -0.4 is 5.73 Å². The first kappa shape index (κ1) is 17.9. The predicted molar refractivity (Wildman–Crippen MR) is 53.3 cm³/mol. The standard InChI is InChI=1S/C6H14N2O2.2ClH/c1-8(2)4-3-5(7)6(9)10;;/h5H,3-4,7H2,1-2H3,(H,9,10);2*1H. The van der Waals surface area contributed by atoms with E-state index in [1.54, 1.807) is 0 Å². The first-order valence-electron chi connectivity index (χ1n) is 3.17. The number of halogens is 2. The Morgan fingerprint density at radius 2 is 1.92 bits per heavy atom. The Morgan fingerprint density at radius 3 is 2.17 bits per heavy atom. The van der Waals surface area contributed by atoms with Crippen molar-refractivity contribution in [2.24, 2.45) is 5.73 Å². The van der Waals surface area contributed by atoms with Crippen LogP contribution in [0.2, 0.25) is 0 Å². The molecule has 0 aliphatic carbocycles. The third-order valence-electron chi connectivity index (χ3n) is 1.20. The summed E-state index contributed by atoms with van der Waals surface area (Å²) in [6.45, 7) is 0.716. The Morgan fingerprint density at radius 1 is 1.50 bits per heavy atom. The minimum Gasteiger partial charge on any atom is -0.480 e. The van der Waals surface area contributed by atoms with E-state index in [9.17, 15) is 4.79 Å². The fourth-order valence-electron chi connectivity index (χ4n) is 0.521. The molecule has 0 fully saturated rings. The first-order chi connectivity index (χ1) is 4.54. The molecule has 0 aromatic carbocycles. The molecule has 1 atom stereocenters. The quantitative estimate of drug-likeness (QED) is 0.708. The summed E-state index contributed by atoms with van der Waals surface area (Å²) in [5, 5.41) is 8.35. The molecule has 76 valence electrons. The number of hydrogen-bond acceptors (Lipinski definition) is 3. The summed E-state index contributed by atoms with van der Waals surface area (Å²) in [5.41, 5.74) is 5.24. The van der Waals surface area contributed by atoms with Crippen molar-refractivity contribution in [3.63, 3.8) is 0 Å². The molecular formula is C6H16Cl2N2O2. The number of nitrogens with zero attached hydrogens (tertiary/aromatic N) is 1. The summed E-state index contributed by atoms with van der Waals surface area (Å²) in [5.74, 6) is -0.929. The van der Waals surface area contributed by atoms with Gasteiger partial charge in [0.05, 0.1) is 0 Å². The molecule has 0 aliphatic rings. The molecule has 3 N–H and O–H groups in total. The lowest BCUT2D eigenvalue weighted by molar-refractivity contribution is -0.138. The molecule has 0 heterocycles. The van der Waals surface area contributed by atoms with Crippen LogP contribution in [0.1, 0.15) is 6.42 Å². The zero-order chi connectivity index (χ0) is 8.15. The van der Waals surface area contributed by atoms with Crippen LogP contribution in [0.25, 0.3) is 0 Å². The lowest BCUT2D eigenvalue weighted by Gasteiger charge is -2.10. The van der Waals surface area contributed by atoms with Crippen LogP contribution in [0, 0.1) is 0 Å². The van der Waals surface area contributed by atoms with Crippen LogP contribution in [-0.4, -0.2) is 42.7 Å². The van der Waals surface area contributed by atoms with Gasteiger partial charge in [-0.3, -0.25) is 4.79 Å². The molecule has 0 aromatic heterocycles. The highest BCUT2D eigenvalue weighted by Gasteiger charge is 2.10. The van der Waals surface area contributed by atoms with E-state index in [0.717, 1.165) is 0 Å². The topological polar surface area (TPSA) is 66.6 Å². The normalized spacial score (nSPS) is 11.3. The van der Waals surface area contributed by atoms with E-state index in [1.807, 2.05) is 19.0 Å². The van der Waals surface area contributed by atoms with Gasteiger partial charge < -0.3 is 15.7 Å². The van der Waals surface area contributed by atoms with E-state index in [4.69, 9.17) is 10.8 Å². The second kappa shape index (κ2) is 9.06. The van der Waals surface area contributed by atoms with Gasteiger partial charge in [0.15, 0.2) is 0 Å². The highest BCUT2D eigenvalue weighted by Crippen LogP contribution is 1.88. The van der Waals surface area contributed by atoms with Crippen molar-refractivity contribution in [2.75, 3.05) is 20.6 Å². The lowest BCUT2D eigenvalue weighted by Crippen LogP contribution is -2.33. The van der Waals surface area contributed by atoms with Crippen LogP contribution in [0.3, 0.4) is 0 Å². The van der Waals surface area contributed by atoms with Gasteiger partial charge in [-0.05, 0) is 27.1 Å². The molecule has 0 amide bonds. The highest BCUT2D eigenvalue weighted by atomic mass is 35.5. The number of aliphatic carboxylic acids is 1. The summed E-state index contributed by atoms with van der Waals surface area (Å²) in [7, 11) is 3.77. The van der Waals surface area contributed by atoms with Crippen molar-refractivity contribution in [3.8, 4) is 0 Å². The van der Waals surface area contributed by atoms with Crippen LogP contribution in [0.15, 0.2) is 0 Å². The molecule has 0 bridgehead atoms. The lowest BCUT2D eigenvalue weighted by atomic mass is 10.2. The second-order valence-corrected chi connectivity index (χ2v) is 2.54. The summed E-state index contributed by atoms with van der Waals surface area (Å²) in [6, 6.07) is -0.720. The van der Waals surface area contributed by atoms with E-state index in [2.05, 4.69) is 0 Å². The summed E-state index contributed by atoms with van der Waals surface area (Å²) in [4.78, 5) is 12.1. The molecule has 0 spiro atoms. The third-order valence-corrected chi connectivity index (χ3v) is 1.20. The van der Waals surface area contributed by atoms with Crippen molar-refractivity contribution in [1.29, 1.82) is 0 Å². The zero-order valence-electron chi connectivity index (χ0n) is 7.19. The fraction of sp³-hybridized carbons (Fsp3) is 0.833. The van der Waals surface area contributed by atoms with E-state index >= 15 is 0 Å². The Bertz CT molecular complexity index is 122. The molecule has 6 heteroatoms. The number of carbonyl (C=O) groups is 1. The fourth-order valence-corrected chi connectivity index (χ4v) is 0.521. The molecule has 0 aromatic rings. The van der Waals surface area contributed by atoms with Gasteiger partial charge in [-0.1, -0.05) is 0 Å². The highest BCUT2D eigenvalue weighted by molar-refractivity contribution is 5.85. The van der Waals surface area contributed by atoms with Crippen LogP contribution in [0.5, 0.6) is 0 Å². The zero-order valence-corrected chi connectivity index (χ0v) is 8.82. The van der Waals surface area contributed by atoms with Gasteiger partial charge in [-0.25, -0.2) is 0 Å². The Balaban J connectivity index is -0.000000405. The average Bonchev–Trinajstić information content (AvgIpc) is 1.82. The Kier molecular flexibility index (Phi) is 13.5. The van der Waals surface area contributed by atoms with Gasteiger partial charge in [0, 0.05) is 0 Å². The van der Waals surface area contributed by atoms with Gasteiger partial charge >= 0.3 is 5.97 Å². The molecule has 0 rings (SSSR count).